The first kappa shape index (κ1) is 19.1. The van der Waals surface area contributed by atoms with Gasteiger partial charge in [-0.25, -0.2) is 0 Å². The number of hydrogen-bond donors (Lipinski definition) is 1. The van der Waals surface area contributed by atoms with Gasteiger partial charge in [-0.15, -0.1) is 22.0 Å². The van der Waals surface area contributed by atoms with Gasteiger partial charge in [-0.1, -0.05) is 17.7 Å². The molecule has 0 spiro atoms. The monoisotopic (exact) mass is 406 g/mol. The van der Waals surface area contributed by atoms with Gasteiger partial charge < -0.3 is 5.32 Å². The van der Waals surface area contributed by atoms with Crippen LogP contribution < -0.4 is 5.32 Å². The van der Waals surface area contributed by atoms with Crippen molar-refractivity contribution in [1.82, 2.24) is 19.9 Å². The topological polar surface area (TPSA) is 59.3 Å². The second kappa shape index (κ2) is 8.79. The van der Waals surface area contributed by atoms with Crippen molar-refractivity contribution in [3.63, 3.8) is 0 Å². The first-order chi connectivity index (χ1) is 12.6. The molecule has 1 unspecified atom stereocenters. The molecule has 136 valence electrons. The van der Waals surface area contributed by atoms with Crippen LogP contribution in [0.3, 0.4) is 0 Å². The Bertz CT molecular complexity index is 915. The minimum absolute atomic E-state index is 0.204. The molecule has 5 nitrogen and oxygen atoms in total. The van der Waals surface area contributed by atoms with Crippen LogP contribution in [0.15, 0.2) is 47.5 Å². The van der Waals surface area contributed by atoms with Gasteiger partial charge in [-0.05, 0) is 55.0 Å². The van der Waals surface area contributed by atoms with Crippen LogP contribution in [0, 0.1) is 0 Å². The Hall–Kier alpha value is -1.70. The number of amides is 1. The van der Waals surface area contributed by atoms with Crippen molar-refractivity contribution in [3.05, 3.63) is 59.0 Å². The normalized spacial score (nSPS) is 12.3. The Labute approximate surface area is 165 Å². The summed E-state index contributed by atoms with van der Waals surface area (Å²) in [5.74, 6) is 1.41. The number of rotatable bonds is 7. The summed E-state index contributed by atoms with van der Waals surface area (Å²) >= 11 is 9.55. The van der Waals surface area contributed by atoms with E-state index in [0.717, 1.165) is 28.5 Å². The van der Waals surface area contributed by atoms with E-state index in [4.69, 9.17) is 11.6 Å². The molecule has 0 saturated carbocycles. The van der Waals surface area contributed by atoms with Crippen LogP contribution in [0.1, 0.15) is 28.6 Å². The minimum Gasteiger partial charge on any atom is -0.342 e. The summed E-state index contributed by atoms with van der Waals surface area (Å²) in [6.45, 7) is 0. The standard InChI is InChI=1S/C18H19ClN4OS2/c1-25-10-8-15(17-22-21-16-5-3-4-9-23(16)17)20-18(24)13-11-12(26-2)6-7-14(13)19/h3-7,9,11,15H,8,10H2,1-2H3,(H,20,24). The summed E-state index contributed by atoms with van der Waals surface area (Å²) in [6.07, 6.45) is 6.67. The zero-order valence-corrected chi connectivity index (χ0v) is 16.9. The number of fused-ring (bicyclic) bond motifs is 1. The highest BCUT2D eigenvalue weighted by Gasteiger charge is 2.22. The lowest BCUT2D eigenvalue weighted by molar-refractivity contribution is 0.0933. The molecule has 3 aromatic rings. The van der Waals surface area contributed by atoms with Crippen molar-refractivity contribution < 1.29 is 4.79 Å². The Morgan fingerprint density at radius 2 is 2.12 bits per heavy atom. The number of halogens is 1. The molecule has 0 aliphatic rings. The molecule has 0 radical (unpaired) electrons. The summed E-state index contributed by atoms with van der Waals surface area (Å²) in [5.41, 5.74) is 1.23. The predicted molar refractivity (Wildman–Crippen MR) is 109 cm³/mol. The Balaban J connectivity index is 1.90. The number of thioether (sulfide) groups is 2. The summed E-state index contributed by atoms with van der Waals surface area (Å²) < 4.78 is 1.91. The van der Waals surface area contributed by atoms with Crippen molar-refractivity contribution in [1.29, 1.82) is 0 Å². The fraction of sp³-hybridized carbons (Fsp3) is 0.278. The van der Waals surface area contributed by atoms with Gasteiger partial charge >= 0.3 is 0 Å². The molecular weight excluding hydrogens is 388 g/mol. The highest BCUT2D eigenvalue weighted by molar-refractivity contribution is 7.98. The lowest BCUT2D eigenvalue weighted by atomic mass is 10.1. The second-order valence-corrected chi connectivity index (χ2v) is 7.91. The number of hydrogen-bond acceptors (Lipinski definition) is 5. The first-order valence-corrected chi connectivity index (χ1v) is 11.1. The molecule has 26 heavy (non-hydrogen) atoms. The first-order valence-electron chi connectivity index (χ1n) is 8.07. The zero-order chi connectivity index (χ0) is 18.5. The second-order valence-electron chi connectivity index (χ2n) is 5.64. The van der Waals surface area contributed by atoms with Gasteiger partial charge in [0.05, 0.1) is 16.6 Å². The highest BCUT2D eigenvalue weighted by Crippen LogP contribution is 2.25. The van der Waals surface area contributed by atoms with E-state index in [1.165, 1.54) is 0 Å². The number of nitrogens with one attached hydrogen (secondary N) is 1. The van der Waals surface area contributed by atoms with E-state index in [1.54, 1.807) is 29.6 Å². The maximum atomic E-state index is 12.9. The zero-order valence-electron chi connectivity index (χ0n) is 14.5. The average molecular weight is 407 g/mol. The molecule has 0 saturated heterocycles. The van der Waals surface area contributed by atoms with E-state index >= 15 is 0 Å². The van der Waals surface area contributed by atoms with Crippen molar-refractivity contribution in [2.75, 3.05) is 18.3 Å². The third-order valence-corrected chi connectivity index (χ3v) is 5.68. The Kier molecular flexibility index (Phi) is 6.45. The maximum Gasteiger partial charge on any atom is 0.253 e. The average Bonchev–Trinajstić information content (AvgIpc) is 3.09. The Morgan fingerprint density at radius 3 is 2.88 bits per heavy atom. The van der Waals surface area contributed by atoms with Gasteiger partial charge in [0.1, 0.15) is 0 Å². The van der Waals surface area contributed by atoms with Crippen molar-refractivity contribution in [2.24, 2.45) is 0 Å². The SMILES string of the molecule is CSCCC(NC(=O)c1cc(SC)ccc1Cl)c1nnc2ccccn12. The molecule has 2 aromatic heterocycles. The summed E-state index contributed by atoms with van der Waals surface area (Å²) in [5, 5.41) is 12.0. The van der Waals surface area contributed by atoms with Gasteiger partial charge in [-0.2, -0.15) is 11.8 Å². The third-order valence-electron chi connectivity index (χ3n) is 3.99. The molecule has 8 heteroatoms. The van der Waals surface area contributed by atoms with Crippen LogP contribution >= 0.6 is 35.1 Å². The predicted octanol–water partition coefficient (Wildman–Crippen LogP) is 4.33. The van der Waals surface area contributed by atoms with E-state index in [0.29, 0.717) is 10.6 Å². The lowest BCUT2D eigenvalue weighted by Gasteiger charge is -2.18. The quantitative estimate of drug-likeness (QED) is 0.592. The number of aromatic nitrogens is 3. The Morgan fingerprint density at radius 1 is 1.27 bits per heavy atom. The van der Waals surface area contributed by atoms with Crippen LogP contribution in [0.2, 0.25) is 5.02 Å². The van der Waals surface area contributed by atoms with E-state index < -0.39 is 0 Å². The van der Waals surface area contributed by atoms with Crippen LogP contribution in [0.4, 0.5) is 0 Å². The molecule has 1 aromatic carbocycles. The van der Waals surface area contributed by atoms with E-state index in [1.807, 2.05) is 53.4 Å². The van der Waals surface area contributed by atoms with Crippen molar-refractivity contribution in [2.45, 2.75) is 17.4 Å². The van der Waals surface area contributed by atoms with E-state index in [2.05, 4.69) is 15.5 Å². The van der Waals surface area contributed by atoms with Gasteiger partial charge in [0.25, 0.3) is 5.91 Å². The van der Waals surface area contributed by atoms with Gasteiger partial charge in [0, 0.05) is 11.1 Å². The molecule has 0 aliphatic carbocycles. The maximum absolute atomic E-state index is 12.9. The van der Waals surface area contributed by atoms with Crippen molar-refractivity contribution in [3.8, 4) is 0 Å². The fourth-order valence-electron chi connectivity index (χ4n) is 2.64. The van der Waals surface area contributed by atoms with Crippen LogP contribution in [0.25, 0.3) is 5.65 Å². The molecule has 0 aliphatic heterocycles. The molecule has 0 bridgehead atoms. The van der Waals surface area contributed by atoms with E-state index in [-0.39, 0.29) is 11.9 Å². The summed E-state index contributed by atoms with van der Waals surface area (Å²) in [7, 11) is 0. The molecular formula is C18H19ClN4OS2. The lowest BCUT2D eigenvalue weighted by Crippen LogP contribution is -2.30. The largest absolute Gasteiger partial charge is 0.342 e. The summed E-state index contributed by atoms with van der Waals surface area (Å²) in [4.78, 5) is 13.9. The number of nitrogens with zero attached hydrogens (tertiary/aromatic N) is 3. The number of carbonyl (C=O) groups excluding carboxylic acids is 1. The van der Waals surface area contributed by atoms with Gasteiger partial charge in [0.15, 0.2) is 11.5 Å². The van der Waals surface area contributed by atoms with Crippen LogP contribution in [-0.4, -0.2) is 38.8 Å². The number of pyridine rings is 1. The molecule has 3 rings (SSSR count). The molecule has 1 atom stereocenters. The molecule has 1 N–H and O–H groups in total. The van der Waals surface area contributed by atoms with Crippen LogP contribution in [0.5, 0.6) is 0 Å². The highest BCUT2D eigenvalue weighted by atomic mass is 35.5. The minimum atomic E-state index is -0.249. The number of carbonyl (C=O) groups is 1. The van der Waals surface area contributed by atoms with E-state index in [9.17, 15) is 4.79 Å². The fourth-order valence-corrected chi connectivity index (χ4v) is 3.75. The molecule has 0 fully saturated rings. The summed E-state index contributed by atoms with van der Waals surface area (Å²) in [6, 6.07) is 11.0. The third kappa shape index (κ3) is 4.16. The van der Waals surface area contributed by atoms with Gasteiger partial charge in [-0.3, -0.25) is 9.20 Å². The molecule has 2 heterocycles. The van der Waals surface area contributed by atoms with Gasteiger partial charge in [0.2, 0.25) is 0 Å². The number of benzene rings is 1. The van der Waals surface area contributed by atoms with Crippen molar-refractivity contribution >= 4 is 46.7 Å². The van der Waals surface area contributed by atoms with Crippen LogP contribution in [-0.2, 0) is 0 Å². The smallest absolute Gasteiger partial charge is 0.253 e. The molecule has 1 amide bonds.